The Morgan fingerprint density at radius 3 is 2.28 bits per heavy atom. The van der Waals surface area contributed by atoms with Crippen LogP contribution in [-0.4, -0.2) is 11.7 Å². The van der Waals surface area contributed by atoms with Gasteiger partial charge in [0.05, 0.1) is 17.0 Å². The van der Waals surface area contributed by atoms with Crippen LogP contribution in [0, 0.1) is 22.7 Å². The number of nitrogens with one attached hydrogen (secondary N) is 2. The topological polar surface area (TPSA) is 117 Å². The van der Waals surface area contributed by atoms with Gasteiger partial charge in [0.2, 0.25) is 5.91 Å². The van der Waals surface area contributed by atoms with Crippen molar-refractivity contribution >= 4 is 29.2 Å². The van der Waals surface area contributed by atoms with Crippen LogP contribution in [-0.2, 0) is 11.0 Å². The fraction of sp³-hybridized carbons (Fsp3) is 0.0909. The van der Waals surface area contributed by atoms with Gasteiger partial charge in [0.15, 0.2) is 5.03 Å². The molecule has 1 aromatic heterocycles. The van der Waals surface area contributed by atoms with Gasteiger partial charge in [-0.25, -0.2) is 4.98 Å². The number of amides is 1. The zero-order valence-electron chi connectivity index (χ0n) is 16.3. The largest absolute Gasteiger partial charge is 0.418 e. The highest BCUT2D eigenvalue weighted by atomic mass is 32.2. The van der Waals surface area contributed by atoms with Crippen LogP contribution in [0.5, 0.6) is 0 Å². The zero-order valence-corrected chi connectivity index (χ0v) is 17.1. The maximum absolute atomic E-state index is 13.1. The molecule has 0 saturated carbocycles. The van der Waals surface area contributed by atoms with Gasteiger partial charge in [-0.3, -0.25) is 10.5 Å². The minimum absolute atomic E-state index is 0.00989. The van der Waals surface area contributed by atoms with Gasteiger partial charge in [0.25, 0.3) is 5.82 Å². The number of hydrogen-bond donors (Lipinski definition) is 2. The summed E-state index contributed by atoms with van der Waals surface area (Å²) in [5.74, 6) is -0.986. The molecule has 1 heterocycles. The smallest absolute Gasteiger partial charge is 0.325 e. The molecule has 6 nitrogen and oxygen atoms in total. The fourth-order valence-corrected chi connectivity index (χ4v) is 3.83. The SMILES string of the molecule is N#Cc1c(N)[nH+]c(SCC(=O)Nc2ccccc2C(F)(F)F)c(C#N)c1-c1ccccc1. The molecule has 4 N–H and O–H groups in total. The number of hydrogen-bond acceptors (Lipinski definition) is 5. The summed E-state index contributed by atoms with van der Waals surface area (Å²) < 4.78 is 39.4. The van der Waals surface area contributed by atoms with E-state index in [-0.39, 0.29) is 33.4 Å². The van der Waals surface area contributed by atoms with Crippen molar-refractivity contribution in [3.05, 3.63) is 71.3 Å². The third kappa shape index (κ3) is 4.82. The lowest BCUT2D eigenvalue weighted by Crippen LogP contribution is -2.21. The van der Waals surface area contributed by atoms with Crippen LogP contribution in [0.2, 0.25) is 0 Å². The number of aromatic amines is 1. The molecule has 0 unspecified atom stereocenters. The Balaban J connectivity index is 1.90. The maximum atomic E-state index is 13.1. The molecular formula is C22H15F3N5OS+. The molecule has 3 rings (SSSR count). The van der Waals surface area contributed by atoms with Crippen LogP contribution in [0.15, 0.2) is 59.6 Å². The molecule has 10 heteroatoms. The molecule has 0 aliphatic carbocycles. The van der Waals surface area contributed by atoms with E-state index >= 15 is 0 Å². The summed E-state index contributed by atoms with van der Waals surface area (Å²) in [5.41, 5.74) is 5.74. The lowest BCUT2D eigenvalue weighted by molar-refractivity contribution is -0.410. The number of alkyl halides is 3. The summed E-state index contributed by atoms with van der Waals surface area (Å²) in [6.45, 7) is 0. The van der Waals surface area contributed by atoms with E-state index in [0.29, 0.717) is 11.1 Å². The number of anilines is 2. The molecule has 0 aliphatic heterocycles. The first-order valence-corrected chi connectivity index (χ1v) is 10.1. The average molecular weight is 454 g/mol. The number of halogens is 3. The molecule has 0 fully saturated rings. The number of benzene rings is 2. The first kappa shape index (κ1) is 22.7. The maximum Gasteiger partial charge on any atom is 0.418 e. The van der Waals surface area contributed by atoms with Gasteiger partial charge in [-0.05, 0) is 17.7 Å². The number of carbonyl (C=O) groups is 1. The molecular weight excluding hydrogens is 439 g/mol. The average Bonchev–Trinajstić information content (AvgIpc) is 2.77. The molecule has 0 radical (unpaired) electrons. The van der Waals surface area contributed by atoms with E-state index in [9.17, 15) is 28.5 Å². The molecule has 160 valence electrons. The van der Waals surface area contributed by atoms with Crippen molar-refractivity contribution in [1.29, 1.82) is 10.5 Å². The Morgan fingerprint density at radius 1 is 1.03 bits per heavy atom. The highest BCUT2D eigenvalue weighted by molar-refractivity contribution is 7.99. The summed E-state index contributed by atoms with van der Waals surface area (Å²) >= 11 is 0.894. The minimum atomic E-state index is -4.62. The predicted octanol–water partition coefficient (Wildman–Crippen LogP) is 4.24. The third-order valence-electron chi connectivity index (χ3n) is 4.38. The monoisotopic (exact) mass is 454 g/mol. The molecule has 32 heavy (non-hydrogen) atoms. The number of rotatable bonds is 5. The van der Waals surface area contributed by atoms with Gasteiger partial charge in [-0.2, -0.15) is 23.7 Å². The molecule has 2 aromatic carbocycles. The van der Waals surface area contributed by atoms with E-state index < -0.39 is 17.6 Å². The summed E-state index contributed by atoms with van der Waals surface area (Å²) in [7, 11) is 0. The van der Waals surface area contributed by atoms with Gasteiger partial charge in [-0.15, -0.1) is 0 Å². The fourth-order valence-electron chi connectivity index (χ4n) is 3.01. The van der Waals surface area contributed by atoms with Crippen LogP contribution in [0.1, 0.15) is 16.7 Å². The Morgan fingerprint density at radius 2 is 1.66 bits per heavy atom. The van der Waals surface area contributed by atoms with Gasteiger partial charge >= 0.3 is 6.18 Å². The van der Waals surface area contributed by atoms with Gasteiger partial charge < -0.3 is 5.32 Å². The van der Waals surface area contributed by atoms with Crippen molar-refractivity contribution < 1.29 is 22.9 Å². The van der Waals surface area contributed by atoms with E-state index in [1.54, 1.807) is 30.3 Å². The van der Waals surface area contributed by atoms with E-state index in [1.807, 2.05) is 12.1 Å². The Bertz CT molecular complexity index is 1250. The van der Waals surface area contributed by atoms with E-state index in [2.05, 4.69) is 10.3 Å². The van der Waals surface area contributed by atoms with Crippen LogP contribution in [0.25, 0.3) is 11.1 Å². The Hall–Kier alpha value is -4.02. The van der Waals surface area contributed by atoms with Crippen LogP contribution < -0.4 is 16.0 Å². The molecule has 0 spiro atoms. The number of nitrogens with two attached hydrogens (primary N) is 1. The molecule has 0 aliphatic rings. The Labute approximate surface area is 185 Å². The lowest BCUT2D eigenvalue weighted by Gasteiger charge is -2.13. The summed E-state index contributed by atoms with van der Waals surface area (Å²) in [4.78, 5) is 15.1. The second kappa shape index (κ2) is 9.41. The quantitative estimate of drug-likeness (QED) is 0.559. The normalized spacial score (nSPS) is 10.8. The summed E-state index contributed by atoms with van der Waals surface area (Å²) in [6, 6.07) is 17.3. The number of nitrogens with zero attached hydrogens (tertiary/aromatic N) is 2. The van der Waals surface area contributed by atoms with Crippen molar-refractivity contribution in [3.63, 3.8) is 0 Å². The number of carbonyl (C=O) groups excluding carboxylic acids is 1. The third-order valence-corrected chi connectivity index (χ3v) is 5.39. The molecule has 0 saturated heterocycles. The predicted molar refractivity (Wildman–Crippen MR) is 113 cm³/mol. The number of nitrogen functional groups attached to an aromatic ring is 1. The molecule has 0 atom stereocenters. The Kier molecular flexibility index (Phi) is 6.67. The number of H-pyrrole nitrogens is 1. The number of para-hydroxylation sites is 1. The lowest BCUT2D eigenvalue weighted by atomic mass is 9.97. The van der Waals surface area contributed by atoms with E-state index in [4.69, 9.17) is 5.73 Å². The van der Waals surface area contributed by atoms with Crippen molar-refractivity contribution in [2.45, 2.75) is 11.2 Å². The number of aromatic nitrogens is 1. The number of pyridine rings is 1. The second-order valence-corrected chi connectivity index (χ2v) is 7.45. The molecule has 3 aromatic rings. The number of nitriles is 2. The van der Waals surface area contributed by atoms with Crippen molar-refractivity contribution in [2.75, 3.05) is 16.8 Å². The zero-order chi connectivity index (χ0) is 23.3. The highest BCUT2D eigenvalue weighted by Crippen LogP contribution is 2.35. The summed E-state index contributed by atoms with van der Waals surface area (Å²) in [6.07, 6.45) is -4.62. The van der Waals surface area contributed by atoms with Crippen LogP contribution in [0.4, 0.5) is 24.7 Å². The van der Waals surface area contributed by atoms with E-state index in [0.717, 1.165) is 23.9 Å². The number of thioether (sulfide) groups is 1. The standard InChI is InChI=1S/C22H14F3N5OS/c23-22(24,25)16-8-4-5-9-17(16)29-18(31)12-32-21-15(11-27)19(13-6-2-1-3-7-13)14(10-26)20(28)30-21/h1-9H,12H2,(H2,28,30)(H,29,31)/p+1. The van der Waals surface area contributed by atoms with Gasteiger partial charge in [-0.1, -0.05) is 54.2 Å². The first-order valence-electron chi connectivity index (χ1n) is 9.09. The van der Waals surface area contributed by atoms with Crippen LogP contribution >= 0.6 is 11.8 Å². The van der Waals surface area contributed by atoms with Crippen LogP contribution in [0.3, 0.4) is 0 Å². The van der Waals surface area contributed by atoms with Crippen molar-refractivity contribution in [1.82, 2.24) is 0 Å². The molecule has 0 bridgehead atoms. The van der Waals surface area contributed by atoms with E-state index in [1.165, 1.54) is 12.1 Å². The highest BCUT2D eigenvalue weighted by Gasteiger charge is 2.33. The van der Waals surface area contributed by atoms with Gasteiger partial charge in [0.1, 0.15) is 23.3 Å². The van der Waals surface area contributed by atoms with Crippen molar-refractivity contribution in [3.8, 4) is 23.3 Å². The second-order valence-electron chi connectivity index (χ2n) is 6.46. The first-order chi connectivity index (χ1) is 15.3. The van der Waals surface area contributed by atoms with Crippen molar-refractivity contribution in [2.24, 2.45) is 0 Å². The minimum Gasteiger partial charge on any atom is -0.325 e. The summed E-state index contributed by atoms with van der Waals surface area (Å²) in [5, 5.41) is 21.7. The molecule has 1 amide bonds. The van der Waals surface area contributed by atoms with Gasteiger partial charge in [0, 0.05) is 5.56 Å².